The molecule has 18 heavy (non-hydrogen) atoms. The molecule has 1 aromatic heterocycles. The van der Waals surface area contributed by atoms with Crippen molar-refractivity contribution in [1.29, 1.82) is 0 Å². The highest BCUT2D eigenvalue weighted by Crippen LogP contribution is 2.29. The summed E-state index contributed by atoms with van der Waals surface area (Å²) in [5, 5.41) is 0. The van der Waals surface area contributed by atoms with Gasteiger partial charge in [0.15, 0.2) is 0 Å². The van der Waals surface area contributed by atoms with E-state index in [2.05, 4.69) is 45.3 Å². The van der Waals surface area contributed by atoms with Crippen molar-refractivity contribution in [3.8, 4) is 0 Å². The summed E-state index contributed by atoms with van der Waals surface area (Å²) in [6.07, 6.45) is 0. The second-order valence-electron chi connectivity index (χ2n) is 6.40. The Kier molecular flexibility index (Phi) is 3.09. The third-order valence-electron chi connectivity index (χ3n) is 3.03. The van der Waals surface area contributed by atoms with Crippen LogP contribution in [0.2, 0.25) is 0 Å². The molecular formula is C15H23N3. The minimum absolute atomic E-state index is 0.0281. The molecule has 0 amide bonds. The highest BCUT2D eigenvalue weighted by atomic mass is 15.1. The Morgan fingerprint density at radius 1 is 1.28 bits per heavy atom. The van der Waals surface area contributed by atoms with E-state index in [1.807, 2.05) is 12.1 Å². The quantitative estimate of drug-likeness (QED) is 0.822. The van der Waals surface area contributed by atoms with E-state index in [9.17, 15) is 0 Å². The van der Waals surface area contributed by atoms with Crippen LogP contribution in [0.5, 0.6) is 0 Å². The van der Waals surface area contributed by atoms with E-state index in [-0.39, 0.29) is 5.41 Å². The number of nitrogen functional groups attached to an aromatic ring is 1. The molecule has 2 N–H and O–H groups in total. The van der Waals surface area contributed by atoms with Crippen LogP contribution in [0.15, 0.2) is 18.2 Å². The second kappa shape index (κ2) is 4.30. The summed E-state index contributed by atoms with van der Waals surface area (Å²) in [5.74, 6) is 1.70. The highest BCUT2D eigenvalue weighted by molar-refractivity contribution is 5.87. The summed E-state index contributed by atoms with van der Waals surface area (Å²) in [6.45, 7) is 12.0. The van der Waals surface area contributed by atoms with Crippen LogP contribution in [0, 0.1) is 5.92 Å². The van der Waals surface area contributed by atoms with Crippen LogP contribution in [0.1, 0.15) is 40.4 Å². The van der Waals surface area contributed by atoms with E-state index in [0.29, 0.717) is 5.92 Å². The number of hydrogen-bond donors (Lipinski definition) is 1. The summed E-state index contributed by atoms with van der Waals surface area (Å²) in [6, 6.07) is 6.03. The molecular weight excluding hydrogens is 222 g/mol. The molecule has 0 unspecified atom stereocenters. The van der Waals surface area contributed by atoms with Crippen molar-refractivity contribution in [1.82, 2.24) is 9.55 Å². The summed E-state index contributed by atoms with van der Waals surface area (Å²) in [5.41, 5.74) is 8.91. The van der Waals surface area contributed by atoms with Crippen LogP contribution in [0.25, 0.3) is 11.0 Å². The van der Waals surface area contributed by atoms with Gasteiger partial charge in [-0.25, -0.2) is 4.98 Å². The Labute approximate surface area is 109 Å². The fourth-order valence-electron chi connectivity index (χ4n) is 2.29. The summed E-state index contributed by atoms with van der Waals surface area (Å²) >= 11 is 0. The van der Waals surface area contributed by atoms with Gasteiger partial charge in [-0.3, -0.25) is 0 Å². The predicted octanol–water partition coefficient (Wildman–Crippen LogP) is 3.57. The number of hydrogen-bond acceptors (Lipinski definition) is 2. The lowest BCUT2D eigenvalue weighted by molar-refractivity contribution is 0.459. The molecule has 0 aliphatic heterocycles. The van der Waals surface area contributed by atoms with Crippen LogP contribution in [-0.4, -0.2) is 9.55 Å². The fourth-order valence-corrected chi connectivity index (χ4v) is 2.29. The zero-order chi connectivity index (χ0) is 13.5. The standard InChI is InChI=1S/C15H23N3/c1-10(2)9-18-12-8-6-7-11(16)13(12)17-14(18)15(3,4)5/h6-8,10H,9,16H2,1-5H3. The molecule has 0 bridgehead atoms. The Morgan fingerprint density at radius 3 is 2.50 bits per heavy atom. The first-order valence-corrected chi connectivity index (χ1v) is 6.56. The van der Waals surface area contributed by atoms with Crippen LogP contribution in [0.3, 0.4) is 0 Å². The molecule has 1 aromatic carbocycles. The van der Waals surface area contributed by atoms with Crippen molar-refractivity contribution in [2.75, 3.05) is 5.73 Å². The maximum Gasteiger partial charge on any atom is 0.115 e. The number of nitrogens with zero attached hydrogens (tertiary/aromatic N) is 2. The van der Waals surface area contributed by atoms with Crippen molar-refractivity contribution in [2.24, 2.45) is 5.92 Å². The highest BCUT2D eigenvalue weighted by Gasteiger charge is 2.23. The van der Waals surface area contributed by atoms with Crippen molar-refractivity contribution in [3.63, 3.8) is 0 Å². The molecule has 2 rings (SSSR count). The Hall–Kier alpha value is -1.51. The molecule has 0 saturated carbocycles. The largest absolute Gasteiger partial charge is 0.397 e. The molecule has 0 aliphatic rings. The lowest BCUT2D eigenvalue weighted by Gasteiger charge is -2.21. The van der Waals surface area contributed by atoms with Gasteiger partial charge in [-0.2, -0.15) is 0 Å². The Balaban J connectivity index is 2.72. The third-order valence-corrected chi connectivity index (χ3v) is 3.03. The maximum atomic E-state index is 6.04. The van der Waals surface area contributed by atoms with Gasteiger partial charge in [-0.1, -0.05) is 40.7 Å². The van der Waals surface area contributed by atoms with Crippen LogP contribution < -0.4 is 5.73 Å². The molecule has 0 saturated heterocycles. The Morgan fingerprint density at radius 2 is 1.94 bits per heavy atom. The van der Waals surface area contributed by atoms with E-state index in [0.717, 1.165) is 29.1 Å². The van der Waals surface area contributed by atoms with Crippen molar-refractivity contribution < 1.29 is 0 Å². The first-order valence-electron chi connectivity index (χ1n) is 6.56. The topological polar surface area (TPSA) is 43.8 Å². The first-order chi connectivity index (χ1) is 8.30. The van der Waals surface area contributed by atoms with Gasteiger partial charge in [0, 0.05) is 12.0 Å². The van der Waals surface area contributed by atoms with Crippen molar-refractivity contribution in [2.45, 2.75) is 46.6 Å². The van der Waals surface area contributed by atoms with Gasteiger partial charge >= 0.3 is 0 Å². The van der Waals surface area contributed by atoms with Crippen molar-refractivity contribution in [3.05, 3.63) is 24.0 Å². The van der Waals surface area contributed by atoms with Crippen molar-refractivity contribution >= 4 is 16.7 Å². The number of aromatic nitrogens is 2. The monoisotopic (exact) mass is 245 g/mol. The smallest absolute Gasteiger partial charge is 0.115 e. The van der Waals surface area contributed by atoms with E-state index in [1.54, 1.807) is 0 Å². The van der Waals surface area contributed by atoms with Gasteiger partial charge < -0.3 is 10.3 Å². The summed E-state index contributed by atoms with van der Waals surface area (Å²) in [4.78, 5) is 4.77. The molecule has 98 valence electrons. The summed E-state index contributed by atoms with van der Waals surface area (Å²) in [7, 11) is 0. The lowest BCUT2D eigenvalue weighted by atomic mass is 9.95. The molecule has 0 atom stereocenters. The zero-order valence-corrected chi connectivity index (χ0v) is 12.0. The molecule has 0 spiro atoms. The van der Waals surface area contributed by atoms with Crippen LogP contribution >= 0.6 is 0 Å². The molecule has 0 aliphatic carbocycles. The van der Waals surface area contributed by atoms with Gasteiger partial charge in [0.25, 0.3) is 0 Å². The lowest BCUT2D eigenvalue weighted by Crippen LogP contribution is -2.20. The van der Waals surface area contributed by atoms with Gasteiger partial charge in [0.1, 0.15) is 11.3 Å². The predicted molar refractivity (Wildman–Crippen MR) is 77.7 cm³/mol. The number of fused-ring (bicyclic) bond motifs is 1. The maximum absolute atomic E-state index is 6.04. The minimum atomic E-state index is 0.0281. The molecule has 0 fully saturated rings. The average Bonchev–Trinajstić information content (AvgIpc) is 2.57. The molecule has 3 nitrogen and oxygen atoms in total. The number of benzene rings is 1. The Bertz CT molecular complexity index is 559. The minimum Gasteiger partial charge on any atom is -0.397 e. The second-order valence-corrected chi connectivity index (χ2v) is 6.40. The van der Waals surface area contributed by atoms with E-state index in [4.69, 9.17) is 10.7 Å². The SMILES string of the molecule is CC(C)Cn1c(C(C)(C)C)nc2c(N)cccc21. The number of nitrogens with two attached hydrogens (primary N) is 1. The van der Waals surface area contributed by atoms with E-state index >= 15 is 0 Å². The number of rotatable bonds is 2. The van der Waals surface area contributed by atoms with Crippen LogP contribution in [0.4, 0.5) is 5.69 Å². The van der Waals surface area contributed by atoms with Gasteiger partial charge in [-0.15, -0.1) is 0 Å². The number of anilines is 1. The summed E-state index contributed by atoms with van der Waals surface area (Å²) < 4.78 is 2.32. The zero-order valence-electron chi connectivity index (χ0n) is 12.0. The fraction of sp³-hybridized carbons (Fsp3) is 0.533. The number of imidazole rings is 1. The molecule has 3 heteroatoms. The van der Waals surface area contributed by atoms with Crippen LogP contribution in [-0.2, 0) is 12.0 Å². The average molecular weight is 245 g/mol. The molecule has 1 heterocycles. The normalized spacial score (nSPS) is 12.6. The van der Waals surface area contributed by atoms with E-state index < -0.39 is 0 Å². The molecule has 0 radical (unpaired) electrons. The number of para-hydroxylation sites is 1. The van der Waals surface area contributed by atoms with Gasteiger partial charge in [-0.05, 0) is 18.1 Å². The first kappa shape index (κ1) is 12.9. The van der Waals surface area contributed by atoms with Gasteiger partial charge in [0.2, 0.25) is 0 Å². The van der Waals surface area contributed by atoms with Gasteiger partial charge in [0.05, 0.1) is 11.2 Å². The third kappa shape index (κ3) is 2.22. The molecule has 2 aromatic rings. The van der Waals surface area contributed by atoms with E-state index in [1.165, 1.54) is 0 Å².